The lowest BCUT2D eigenvalue weighted by Gasteiger charge is -2.26. The van der Waals surface area contributed by atoms with Gasteiger partial charge < -0.3 is 18.9 Å². The van der Waals surface area contributed by atoms with Gasteiger partial charge in [0, 0.05) is 6.61 Å². The summed E-state index contributed by atoms with van der Waals surface area (Å²) in [5.41, 5.74) is 0. The smallest absolute Gasteiger partial charge is 0.335 e. The van der Waals surface area contributed by atoms with Gasteiger partial charge in [0.2, 0.25) is 0 Å². The largest absolute Gasteiger partial charge is 0.466 e. The summed E-state index contributed by atoms with van der Waals surface area (Å²) in [5.74, 6) is -1.03. The van der Waals surface area contributed by atoms with E-state index in [1.54, 1.807) is 13.8 Å². The fourth-order valence-electron chi connectivity index (χ4n) is 1.80. The Morgan fingerprint density at radius 3 is 2.53 bits per heavy atom. The second kappa shape index (κ2) is 8.87. The second-order valence-electron chi connectivity index (χ2n) is 4.18. The lowest BCUT2D eigenvalue weighted by Crippen LogP contribution is -2.36. The average molecular weight is 274 g/mol. The van der Waals surface area contributed by atoms with Crippen LogP contribution < -0.4 is 0 Å². The zero-order valence-corrected chi connectivity index (χ0v) is 11.6. The topological polar surface area (TPSA) is 71.1 Å². The van der Waals surface area contributed by atoms with Crippen molar-refractivity contribution >= 4 is 11.9 Å². The maximum Gasteiger partial charge on any atom is 0.335 e. The van der Waals surface area contributed by atoms with E-state index < -0.39 is 24.3 Å². The van der Waals surface area contributed by atoms with E-state index in [-0.39, 0.29) is 19.6 Å². The minimum absolute atomic E-state index is 0.146. The minimum atomic E-state index is -0.956. The van der Waals surface area contributed by atoms with Crippen LogP contribution in [0.1, 0.15) is 39.5 Å². The Morgan fingerprint density at radius 2 is 1.95 bits per heavy atom. The molecule has 0 aromatic carbocycles. The zero-order valence-electron chi connectivity index (χ0n) is 11.6. The van der Waals surface area contributed by atoms with Crippen LogP contribution in [0.2, 0.25) is 0 Å². The van der Waals surface area contributed by atoms with Crippen LogP contribution in [0.5, 0.6) is 0 Å². The van der Waals surface area contributed by atoms with Crippen molar-refractivity contribution in [2.75, 3.05) is 19.8 Å². The number of carbonyl (C=O) groups is 2. The van der Waals surface area contributed by atoms with Gasteiger partial charge in [0.1, 0.15) is 0 Å². The van der Waals surface area contributed by atoms with Crippen LogP contribution in [-0.2, 0) is 28.5 Å². The van der Waals surface area contributed by atoms with Crippen LogP contribution in [-0.4, -0.2) is 44.2 Å². The molecule has 1 fully saturated rings. The van der Waals surface area contributed by atoms with Gasteiger partial charge in [-0.05, 0) is 33.1 Å². The molecule has 1 heterocycles. The fourth-order valence-corrected chi connectivity index (χ4v) is 1.80. The Bertz CT molecular complexity index is 285. The number of carbonyl (C=O) groups excluding carboxylic acids is 2. The van der Waals surface area contributed by atoms with Crippen LogP contribution in [0, 0.1) is 0 Å². The predicted octanol–water partition coefficient (Wildman–Crippen LogP) is 1.41. The summed E-state index contributed by atoms with van der Waals surface area (Å²) in [4.78, 5) is 23.2. The van der Waals surface area contributed by atoms with E-state index in [1.165, 1.54) is 0 Å². The number of hydrogen-bond acceptors (Lipinski definition) is 6. The average Bonchev–Trinajstić information content (AvgIpc) is 2.40. The quantitative estimate of drug-likeness (QED) is 0.654. The van der Waals surface area contributed by atoms with Crippen molar-refractivity contribution in [3.05, 3.63) is 0 Å². The molecule has 0 radical (unpaired) electrons. The number of esters is 2. The summed E-state index contributed by atoms with van der Waals surface area (Å²) < 4.78 is 20.6. The first kappa shape index (κ1) is 15.9. The highest BCUT2D eigenvalue weighted by Gasteiger charge is 2.29. The summed E-state index contributed by atoms with van der Waals surface area (Å²) in [6, 6.07) is 0. The molecule has 0 aliphatic carbocycles. The summed E-state index contributed by atoms with van der Waals surface area (Å²) in [6.07, 6.45) is 1.15. The molecule has 110 valence electrons. The molecule has 1 rings (SSSR count). The Hall–Kier alpha value is -1.14. The molecule has 0 N–H and O–H groups in total. The molecule has 0 saturated carbocycles. The zero-order chi connectivity index (χ0) is 14.1. The SMILES string of the molecule is CCOC(=O)CC(OC1CCCCO1)C(=O)OCC. The van der Waals surface area contributed by atoms with Crippen molar-refractivity contribution < 1.29 is 28.5 Å². The summed E-state index contributed by atoms with van der Waals surface area (Å²) >= 11 is 0. The Morgan fingerprint density at radius 1 is 1.21 bits per heavy atom. The molecule has 0 aromatic rings. The van der Waals surface area contributed by atoms with E-state index >= 15 is 0 Å². The van der Waals surface area contributed by atoms with Gasteiger partial charge in [-0.25, -0.2) is 4.79 Å². The molecule has 0 aromatic heterocycles. The van der Waals surface area contributed by atoms with Gasteiger partial charge in [0.25, 0.3) is 0 Å². The molecule has 0 spiro atoms. The summed E-state index contributed by atoms with van der Waals surface area (Å²) in [7, 11) is 0. The fraction of sp³-hybridized carbons (Fsp3) is 0.846. The monoisotopic (exact) mass is 274 g/mol. The van der Waals surface area contributed by atoms with Crippen molar-refractivity contribution in [1.82, 2.24) is 0 Å². The van der Waals surface area contributed by atoms with Crippen LogP contribution in [0.4, 0.5) is 0 Å². The molecule has 6 nitrogen and oxygen atoms in total. The third-order valence-corrected chi connectivity index (χ3v) is 2.66. The third kappa shape index (κ3) is 6.02. The Labute approximate surface area is 113 Å². The molecule has 0 bridgehead atoms. The van der Waals surface area contributed by atoms with Crippen molar-refractivity contribution in [3.63, 3.8) is 0 Å². The highest BCUT2D eigenvalue weighted by Crippen LogP contribution is 2.17. The van der Waals surface area contributed by atoms with E-state index in [4.69, 9.17) is 18.9 Å². The first-order valence-electron chi connectivity index (χ1n) is 6.76. The highest BCUT2D eigenvalue weighted by atomic mass is 16.7. The normalized spacial score (nSPS) is 20.6. The van der Waals surface area contributed by atoms with Crippen molar-refractivity contribution in [1.29, 1.82) is 0 Å². The molecule has 1 aliphatic heterocycles. The lowest BCUT2D eigenvalue weighted by molar-refractivity contribution is -0.206. The summed E-state index contributed by atoms with van der Waals surface area (Å²) in [5, 5.41) is 0. The highest BCUT2D eigenvalue weighted by molar-refractivity contribution is 5.81. The molecular formula is C13H22O6. The molecule has 0 amide bonds. The van der Waals surface area contributed by atoms with Crippen LogP contribution in [0.15, 0.2) is 0 Å². The van der Waals surface area contributed by atoms with Gasteiger partial charge >= 0.3 is 11.9 Å². The maximum atomic E-state index is 11.7. The number of ether oxygens (including phenoxy) is 4. The number of rotatable bonds is 7. The van der Waals surface area contributed by atoms with E-state index in [2.05, 4.69) is 0 Å². The first-order chi connectivity index (χ1) is 9.17. The van der Waals surface area contributed by atoms with E-state index in [1.807, 2.05) is 0 Å². The van der Waals surface area contributed by atoms with Crippen molar-refractivity contribution in [2.45, 2.75) is 51.9 Å². The molecular weight excluding hydrogens is 252 g/mol. The van der Waals surface area contributed by atoms with Crippen molar-refractivity contribution in [3.8, 4) is 0 Å². The van der Waals surface area contributed by atoms with Crippen LogP contribution in [0.3, 0.4) is 0 Å². The van der Waals surface area contributed by atoms with Gasteiger partial charge in [-0.3, -0.25) is 4.79 Å². The lowest BCUT2D eigenvalue weighted by atomic mass is 10.2. The standard InChI is InChI=1S/C13H22O6/c1-3-16-11(14)9-10(13(15)17-4-2)19-12-7-5-6-8-18-12/h10,12H,3-9H2,1-2H3. The summed E-state index contributed by atoms with van der Waals surface area (Å²) in [6.45, 7) is 4.54. The molecule has 1 saturated heterocycles. The van der Waals surface area contributed by atoms with E-state index in [9.17, 15) is 9.59 Å². The van der Waals surface area contributed by atoms with Gasteiger partial charge in [-0.2, -0.15) is 0 Å². The van der Waals surface area contributed by atoms with Crippen molar-refractivity contribution in [2.24, 2.45) is 0 Å². The predicted molar refractivity (Wildman–Crippen MR) is 66.3 cm³/mol. The van der Waals surface area contributed by atoms with Gasteiger partial charge in [-0.15, -0.1) is 0 Å². The van der Waals surface area contributed by atoms with Crippen LogP contribution in [0.25, 0.3) is 0 Å². The number of hydrogen-bond donors (Lipinski definition) is 0. The maximum absolute atomic E-state index is 11.7. The minimum Gasteiger partial charge on any atom is -0.466 e. The van der Waals surface area contributed by atoms with Gasteiger partial charge in [-0.1, -0.05) is 0 Å². The Balaban J connectivity index is 2.52. The molecule has 2 unspecified atom stereocenters. The van der Waals surface area contributed by atoms with Gasteiger partial charge in [0.15, 0.2) is 12.4 Å². The third-order valence-electron chi connectivity index (χ3n) is 2.66. The Kier molecular flexibility index (Phi) is 7.43. The molecule has 1 aliphatic rings. The second-order valence-corrected chi connectivity index (χ2v) is 4.18. The molecule has 2 atom stereocenters. The van der Waals surface area contributed by atoms with E-state index in [0.29, 0.717) is 6.61 Å². The molecule has 19 heavy (non-hydrogen) atoms. The van der Waals surface area contributed by atoms with Gasteiger partial charge in [0.05, 0.1) is 19.6 Å². The van der Waals surface area contributed by atoms with Crippen LogP contribution >= 0.6 is 0 Å². The molecule has 6 heteroatoms. The van der Waals surface area contributed by atoms with E-state index in [0.717, 1.165) is 19.3 Å². The first-order valence-corrected chi connectivity index (χ1v) is 6.76.